The van der Waals surface area contributed by atoms with Crippen LogP contribution in [0, 0.1) is 11.8 Å². The summed E-state index contributed by atoms with van der Waals surface area (Å²) >= 11 is 0. The van der Waals surface area contributed by atoms with E-state index in [-0.39, 0.29) is 18.5 Å². The second-order valence-corrected chi connectivity index (χ2v) is 8.51. The molecule has 0 aromatic rings. The number of carbonyl (C=O) groups is 2. The molecule has 2 N–H and O–H groups in total. The van der Waals surface area contributed by atoms with E-state index in [1.165, 1.54) is 57.8 Å². The minimum Gasteiger partial charge on any atom is -0.481 e. The number of rotatable bonds is 16. The number of esters is 1. The highest BCUT2D eigenvalue weighted by Crippen LogP contribution is 2.30. The van der Waals surface area contributed by atoms with Crippen LogP contribution in [0.1, 0.15) is 110 Å². The number of unbranched alkanes of at least 4 members (excludes halogenated alkanes) is 10. The summed E-state index contributed by atoms with van der Waals surface area (Å²) in [6, 6.07) is 0. The van der Waals surface area contributed by atoms with Crippen LogP contribution in [0.25, 0.3) is 0 Å². The molecule has 1 saturated carbocycles. The predicted octanol–water partition coefficient (Wildman–Crippen LogP) is 5.48. The summed E-state index contributed by atoms with van der Waals surface area (Å²) in [6.07, 6.45) is 16.5. The Morgan fingerprint density at radius 3 is 2.00 bits per heavy atom. The monoisotopic (exact) mass is 398 g/mol. The third kappa shape index (κ3) is 11.7. The van der Waals surface area contributed by atoms with Crippen molar-refractivity contribution < 1.29 is 24.5 Å². The maximum absolute atomic E-state index is 12.1. The number of aliphatic hydroxyl groups excluding tert-OH is 1. The molecular formula is C23H42O5. The normalized spacial score (nSPS) is 20.6. The van der Waals surface area contributed by atoms with E-state index in [0.29, 0.717) is 25.7 Å². The van der Waals surface area contributed by atoms with E-state index >= 15 is 0 Å². The Kier molecular flexibility index (Phi) is 14.1. The Balaban J connectivity index is 1.97. The average molecular weight is 399 g/mol. The van der Waals surface area contributed by atoms with Crippen molar-refractivity contribution in [3.8, 4) is 0 Å². The van der Waals surface area contributed by atoms with Gasteiger partial charge in [-0.2, -0.15) is 0 Å². The number of carbonyl (C=O) groups excluding carboxylic acids is 1. The fourth-order valence-electron chi connectivity index (χ4n) is 4.05. The van der Waals surface area contributed by atoms with Crippen molar-refractivity contribution in [3.63, 3.8) is 0 Å². The zero-order chi connectivity index (χ0) is 20.6. The van der Waals surface area contributed by atoms with Gasteiger partial charge in [0.25, 0.3) is 0 Å². The van der Waals surface area contributed by atoms with Gasteiger partial charge in [0.1, 0.15) is 6.61 Å². The smallest absolute Gasteiger partial charge is 0.309 e. The van der Waals surface area contributed by atoms with Crippen molar-refractivity contribution in [1.29, 1.82) is 0 Å². The largest absolute Gasteiger partial charge is 0.481 e. The molecule has 1 rings (SSSR count). The van der Waals surface area contributed by atoms with Gasteiger partial charge in [-0.1, -0.05) is 84.0 Å². The molecule has 0 amide bonds. The van der Waals surface area contributed by atoms with Crippen LogP contribution in [0.5, 0.6) is 0 Å². The highest BCUT2D eigenvalue weighted by Gasteiger charge is 2.32. The van der Waals surface area contributed by atoms with Gasteiger partial charge in [-0.25, -0.2) is 0 Å². The van der Waals surface area contributed by atoms with E-state index in [1.54, 1.807) is 0 Å². The van der Waals surface area contributed by atoms with Crippen LogP contribution in [-0.4, -0.2) is 34.9 Å². The van der Waals surface area contributed by atoms with Crippen molar-refractivity contribution in [2.45, 2.75) is 116 Å². The van der Waals surface area contributed by atoms with Gasteiger partial charge in [-0.05, 0) is 25.7 Å². The molecule has 3 atom stereocenters. The summed E-state index contributed by atoms with van der Waals surface area (Å²) in [5.41, 5.74) is 0. The molecule has 0 aliphatic heterocycles. The van der Waals surface area contributed by atoms with Crippen LogP contribution in [-0.2, 0) is 14.3 Å². The first-order valence-corrected chi connectivity index (χ1v) is 11.6. The minimum atomic E-state index is -0.825. The van der Waals surface area contributed by atoms with Crippen LogP contribution in [0.4, 0.5) is 0 Å². The van der Waals surface area contributed by atoms with Gasteiger partial charge < -0.3 is 14.9 Å². The number of carboxylic acid groups (broad SMARTS) is 1. The molecule has 0 saturated heterocycles. The van der Waals surface area contributed by atoms with Crippen molar-refractivity contribution in [2.75, 3.05) is 6.61 Å². The lowest BCUT2D eigenvalue weighted by atomic mass is 9.81. The predicted molar refractivity (Wildman–Crippen MR) is 111 cm³/mol. The molecule has 0 aromatic heterocycles. The highest BCUT2D eigenvalue weighted by molar-refractivity contribution is 5.75. The molecule has 0 heterocycles. The number of aliphatic hydroxyl groups is 1. The summed E-state index contributed by atoms with van der Waals surface area (Å²) in [7, 11) is 0. The maximum atomic E-state index is 12.1. The van der Waals surface area contributed by atoms with Gasteiger partial charge in [-0.15, -0.1) is 0 Å². The Bertz CT molecular complexity index is 423. The fraction of sp³-hybridized carbons (Fsp3) is 0.913. The molecule has 0 aromatic carbocycles. The summed E-state index contributed by atoms with van der Waals surface area (Å²) in [5.74, 6) is -1.94. The Morgan fingerprint density at radius 2 is 1.43 bits per heavy atom. The lowest BCUT2D eigenvalue weighted by Crippen LogP contribution is -2.30. The first kappa shape index (κ1) is 24.9. The molecule has 0 bridgehead atoms. The van der Waals surface area contributed by atoms with E-state index < -0.39 is 18.0 Å². The highest BCUT2D eigenvalue weighted by atomic mass is 16.5. The maximum Gasteiger partial charge on any atom is 0.309 e. The van der Waals surface area contributed by atoms with Gasteiger partial charge in [0.15, 0.2) is 0 Å². The van der Waals surface area contributed by atoms with Crippen molar-refractivity contribution >= 4 is 11.9 Å². The molecule has 1 fully saturated rings. The summed E-state index contributed by atoms with van der Waals surface area (Å²) in [5, 5.41) is 19.1. The van der Waals surface area contributed by atoms with E-state index in [9.17, 15) is 14.7 Å². The summed E-state index contributed by atoms with van der Waals surface area (Å²) in [6.45, 7) is 2.28. The summed E-state index contributed by atoms with van der Waals surface area (Å²) in [4.78, 5) is 23.2. The Morgan fingerprint density at radius 1 is 0.893 bits per heavy atom. The van der Waals surface area contributed by atoms with Crippen molar-refractivity contribution in [3.05, 3.63) is 0 Å². The molecule has 0 spiro atoms. The number of aliphatic carboxylic acids is 1. The van der Waals surface area contributed by atoms with Gasteiger partial charge in [0.05, 0.1) is 17.9 Å². The molecule has 164 valence electrons. The second kappa shape index (κ2) is 15.8. The first-order chi connectivity index (χ1) is 13.5. The third-order valence-corrected chi connectivity index (χ3v) is 5.92. The molecule has 28 heavy (non-hydrogen) atoms. The lowest BCUT2D eigenvalue weighted by molar-refractivity contribution is -0.155. The molecule has 5 heteroatoms. The topological polar surface area (TPSA) is 83.8 Å². The molecule has 5 nitrogen and oxygen atoms in total. The molecule has 1 aliphatic rings. The average Bonchev–Trinajstić information content (AvgIpc) is 2.70. The quantitative estimate of drug-likeness (QED) is 0.265. The third-order valence-electron chi connectivity index (χ3n) is 5.92. The standard InChI is InChI=1S/C23H42O5/c1-2-3-4-5-6-7-8-9-10-11-12-16-21(24)18-28-23(27)20-15-13-14-19(17-20)22(25)26/h19-21,24H,2-18H2,1H3,(H,25,26). The number of hydrogen-bond acceptors (Lipinski definition) is 4. The Hall–Kier alpha value is -1.10. The van der Waals surface area contributed by atoms with E-state index in [2.05, 4.69) is 6.92 Å². The van der Waals surface area contributed by atoms with Crippen LogP contribution in [0.2, 0.25) is 0 Å². The van der Waals surface area contributed by atoms with E-state index in [0.717, 1.165) is 19.3 Å². The molecule has 1 aliphatic carbocycles. The van der Waals surface area contributed by atoms with Gasteiger partial charge in [0, 0.05) is 0 Å². The van der Waals surface area contributed by atoms with Gasteiger partial charge in [0.2, 0.25) is 0 Å². The number of carboxylic acids is 1. The fourth-order valence-corrected chi connectivity index (χ4v) is 4.05. The van der Waals surface area contributed by atoms with Crippen LogP contribution in [0.3, 0.4) is 0 Å². The molecule has 3 unspecified atom stereocenters. The first-order valence-electron chi connectivity index (χ1n) is 11.6. The van der Waals surface area contributed by atoms with Gasteiger partial charge >= 0.3 is 11.9 Å². The van der Waals surface area contributed by atoms with E-state index in [4.69, 9.17) is 9.84 Å². The van der Waals surface area contributed by atoms with Crippen LogP contribution < -0.4 is 0 Å². The van der Waals surface area contributed by atoms with E-state index in [1.807, 2.05) is 0 Å². The SMILES string of the molecule is CCCCCCCCCCCCCC(O)COC(=O)C1CCCC(C(=O)O)C1. The van der Waals surface area contributed by atoms with Crippen molar-refractivity contribution in [2.24, 2.45) is 11.8 Å². The minimum absolute atomic E-state index is 0.0326. The second-order valence-electron chi connectivity index (χ2n) is 8.51. The van der Waals surface area contributed by atoms with Crippen LogP contribution >= 0.6 is 0 Å². The van der Waals surface area contributed by atoms with Gasteiger partial charge in [-0.3, -0.25) is 9.59 Å². The van der Waals surface area contributed by atoms with Crippen LogP contribution in [0.15, 0.2) is 0 Å². The lowest BCUT2D eigenvalue weighted by Gasteiger charge is -2.25. The summed E-state index contributed by atoms with van der Waals surface area (Å²) < 4.78 is 5.24. The molecular weight excluding hydrogens is 356 g/mol. The zero-order valence-corrected chi connectivity index (χ0v) is 17.9. The number of ether oxygens (including phenoxy) is 1. The molecule has 0 radical (unpaired) electrons. The number of hydrogen-bond donors (Lipinski definition) is 2. The Labute approximate surface area is 171 Å². The van der Waals surface area contributed by atoms with Crippen molar-refractivity contribution in [1.82, 2.24) is 0 Å². The zero-order valence-electron chi connectivity index (χ0n) is 17.9.